The minimum absolute atomic E-state index is 0.0359. The maximum atomic E-state index is 14.8. The number of nitrogens with zero attached hydrogens (tertiary/aromatic N) is 1. The molecule has 5 nitrogen and oxygen atoms in total. The quantitative estimate of drug-likeness (QED) is 0.168. The molecule has 0 spiro atoms. The highest BCUT2D eigenvalue weighted by atomic mass is 35.5. The van der Waals surface area contributed by atoms with Crippen LogP contribution < -0.4 is 0 Å². The molecule has 240 valence electrons. The van der Waals surface area contributed by atoms with Crippen LogP contribution in [0.1, 0.15) is 27.2 Å². The van der Waals surface area contributed by atoms with Gasteiger partial charge in [-0.3, -0.25) is 0 Å². The van der Waals surface area contributed by atoms with Gasteiger partial charge in [0.15, 0.2) is 0 Å². The number of aromatic nitrogens is 1. The molecule has 0 aliphatic heterocycles. The first-order chi connectivity index (χ1) is 22.2. The average Bonchev–Trinajstić information content (AvgIpc) is 3.64. The number of benzene rings is 4. The van der Waals surface area contributed by atoms with Crippen LogP contribution in [0.2, 0.25) is 5.02 Å². The third-order valence-corrected chi connectivity index (χ3v) is 10.4. The van der Waals surface area contributed by atoms with Gasteiger partial charge in [-0.05, 0) is 65.5 Å². The Balaban J connectivity index is 1.72. The molecule has 47 heavy (non-hydrogen) atoms. The van der Waals surface area contributed by atoms with Crippen molar-refractivity contribution in [2.45, 2.75) is 17.5 Å². The van der Waals surface area contributed by atoms with Crippen LogP contribution in [0, 0.1) is 5.82 Å². The number of aromatic carboxylic acids is 1. The lowest BCUT2D eigenvalue weighted by Crippen LogP contribution is -2.14. The van der Waals surface area contributed by atoms with Gasteiger partial charge in [-0.25, -0.2) is 30.4 Å². The Labute approximate surface area is 272 Å². The first kappa shape index (κ1) is 32.4. The molecule has 1 N–H and O–H groups in total. The molecule has 0 unspecified atom stereocenters. The van der Waals surface area contributed by atoms with E-state index in [0.717, 1.165) is 52.5 Å². The van der Waals surface area contributed by atoms with Gasteiger partial charge < -0.3 is 5.11 Å². The van der Waals surface area contributed by atoms with E-state index in [-0.39, 0.29) is 38.3 Å². The summed E-state index contributed by atoms with van der Waals surface area (Å²) in [5.74, 6) is -2.07. The van der Waals surface area contributed by atoms with Gasteiger partial charge in [-0.2, -0.15) is 13.2 Å². The van der Waals surface area contributed by atoms with Crippen molar-refractivity contribution in [2.24, 2.45) is 0 Å². The zero-order chi connectivity index (χ0) is 33.8. The number of halogens is 7. The predicted molar refractivity (Wildman–Crippen MR) is 167 cm³/mol. The van der Waals surface area contributed by atoms with Crippen LogP contribution in [0.25, 0.3) is 44.4 Å². The number of hydrogen-bond donors (Lipinski definition) is 1. The fourth-order valence-corrected chi connectivity index (χ4v) is 7.96. The molecule has 2 aromatic heterocycles. The summed E-state index contributed by atoms with van der Waals surface area (Å²) in [6, 6.07) is 17.9. The highest BCUT2D eigenvalue weighted by molar-refractivity contribution is 7.90. The van der Waals surface area contributed by atoms with Crippen molar-refractivity contribution < 1.29 is 44.7 Å². The second-order valence-corrected chi connectivity index (χ2v) is 13.4. The molecule has 14 heteroatoms. The van der Waals surface area contributed by atoms with Gasteiger partial charge in [-0.15, -0.1) is 11.3 Å². The van der Waals surface area contributed by atoms with Crippen molar-refractivity contribution in [1.82, 2.24) is 3.97 Å². The fraction of sp³-hybridized carbons (Fsp3) is 0.0606. The Bertz CT molecular complexity index is 2290. The Morgan fingerprint density at radius 1 is 0.872 bits per heavy atom. The van der Waals surface area contributed by atoms with Gasteiger partial charge in [0, 0.05) is 38.2 Å². The van der Waals surface area contributed by atoms with Crippen LogP contribution in [0.4, 0.5) is 26.3 Å². The molecule has 0 aliphatic rings. The molecule has 0 atom stereocenters. The smallest absolute Gasteiger partial charge is 0.426 e. The molecule has 4 aromatic carbocycles. The molecule has 0 bridgehead atoms. The second-order valence-electron chi connectivity index (χ2n) is 10.3. The summed E-state index contributed by atoms with van der Waals surface area (Å²) < 4.78 is 114. The maximum absolute atomic E-state index is 14.8. The van der Waals surface area contributed by atoms with E-state index < -0.39 is 55.3 Å². The molecule has 6 rings (SSSR count). The summed E-state index contributed by atoms with van der Waals surface area (Å²) in [5.41, 5.74) is -0.815. The van der Waals surface area contributed by atoms with Gasteiger partial charge in [-0.1, -0.05) is 48.0 Å². The van der Waals surface area contributed by atoms with Crippen LogP contribution in [0.15, 0.2) is 101 Å². The number of carbonyl (C=O) groups is 1. The molecule has 0 amide bonds. The molecule has 0 aliphatic carbocycles. The average molecular weight is 706 g/mol. The summed E-state index contributed by atoms with van der Waals surface area (Å²) >= 11 is 6.78. The number of thiophene rings is 1. The normalized spacial score (nSPS) is 12.3. The molecular formula is C33H18ClF6NO4S2. The number of hydrogen-bond acceptors (Lipinski definition) is 4. The molecule has 2 heterocycles. The van der Waals surface area contributed by atoms with Crippen molar-refractivity contribution >= 4 is 49.8 Å². The molecule has 0 saturated heterocycles. The fourth-order valence-electron chi connectivity index (χ4n) is 5.35. The van der Waals surface area contributed by atoms with E-state index in [0.29, 0.717) is 22.5 Å². The van der Waals surface area contributed by atoms with Gasteiger partial charge in [0.25, 0.3) is 16.4 Å². The SMILES string of the molecule is O=C(O)c1ccc(-c2cccc(-c3c(-c4ccsc4C(F)(F)F)c4cc(F)ccc4n3S(=O)(=O)c3ccc(C(F)F)cc3)c2)c(Cl)c1. The summed E-state index contributed by atoms with van der Waals surface area (Å²) in [4.78, 5) is 9.94. The maximum Gasteiger partial charge on any atom is 0.426 e. The first-order valence-corrected chi connectivity index (χ1v) is 16.1. The highest BCUT2D eigenvalue weighted by Gasteiger charge is 2.38. The number of carboxylic acid groups (broad SMARTS) is 1. The van der Waals surface area contributed by atoms with Crippen molar-refractivity contribution in [3.63, 3.8) is 0 Å². The minimum atomic E-state index is -4.85. The first-order valence-electron chi connectivity index (χ1n) is 13.4. The van der Waals surface area contributed by atoms with E-state index in [4.69, 9.17) is 11.6 Å². The third-order valence-electron chi connectivity index (χ3n) is 7.41. The summed E-state index contributed by atoms with van der Waals surface area (Å²) in [6.07, 6.45) is -7.74. The van der Waals surface area contributed by atoms with E-state index in [1.807, 2.05) is 0 Å². The van der Waals surface area contributed by atoms with E-state index in [1.165, 1.54) is 41.8 Å². The topological polar surface area (TPSA) is 76.4 Å². The van der Waals surface area contributed by atoms with Crippen molar-refractivity contribution in [3.8, 4) is 33.5 Å². The molecule has 6 aromatic rings. The van der Waals surface area contributed by atoms with Crippen LogP contribution in [0.5, 0.6) is 0 Å². The second kappa shape index (κ2) is 11.9. The number of rotatable bonds is 7. The Hall–Kier alpha value is -4.59. The van der Waals surface area contributed by atoms with Crippen molar-refractivity contribution in [1.29, 1.82) is 0 Å². The van der Waals surface area contributed by atoms with Crippen molar-refractivity contribution in [3.05, 3.63) is 123 Å². The summed E-state index contributed by atoms with van der Waals surface area (Å²) in [7, 11) is -4.74. The Morgan fingerprint density at radius 2 is 1.57 bits per heavy atom. The third kappa shape index (κ3) is 5.79. The lowest BCUT2D eigenvalue weighted by Gasteiger charge is -2.16. The van der Waals surface area contributed by atoms with E-state index in [9.17, 15) is 44.7 Å². The van der Waals surface area contributed by atoms with Gasteiger partial charge in [0.05, 0.1) is 21.7 Å². The van der Waals surface area contributed by atoms with E-state index >= 15 is 0 Å². The van der Waals surface area contributed by atoms with Gasteiger partial charge in [0.2, 0.25) is 0 Å². The standard InChI is InChI=1S/C33H18ClF6NO4S2/c34-26-15-20(32(42)43)6-10-23(26)18-2-1-3-19(14-18)29-28(24-12-13-46-30(24)33(38,39)40)25-16-21(35)7-11-27(25)41(29)47(44,45)22-8-4-17(5-9-22)31(36)37/h1-16,31H,(H,42,43). The molecule has 0 fully saturated rings. The largest absolute Gasteiger partial charge is 0.478 e. The zero-order valence-electron chi connectivity index (χ0n) is 23.4. The Kier molecular flexibility index (Phi) is 8.19. The van der Waals surface area contributed by atoms with E-state index in [1.54, 1.807) is 6.07 Å². The monoisotopic (exact) mass is 705 g/mol. The van der Waals surface area contributed by atoms with Gasteiger partial charge >= 0.3 is 12.1 Å². The van der Waals surface area contributed by atoms with Crippen molar-refractivity contribution in [2.75, 3.05) is 0 Å². The summed E-state index contributed by atoms with van der Waals surface area (Å²) in [5, 5.41) is 10.4. The number of fused-ring (bicyclic) bond motifs is 1. The minimum Gasteiger partial charge on any atom is -0.478 e. The van der Waals surface area contributed by atoms with Crippen LogP contribution in [0.3, 0.4) is 0 Å². The Morgan fingerprint density at radius 3 is 2.21 bits per heavy atom. The molecule has 0 saturated carbocycles. The molecule has 0 radical (unpaired) electrons. The van der Waals surface area contributed by atoms with Crippen LogP contribution >= 0.6 is 22.9 Å². The lowest BCUT2D eigenvalue weighted by atomic mass is 9.96. The molecular weight excluding hydrogens is 688 g/mol. The van der Waals surface area contributed by atoms with Crippen LogP contribution in [-0.4, -0.2) is 23.5 Å². The lowest BCUT2D eigenvalue weighted by molar-refractivity contribution is -0.133. The van der Waals surface area contributed by atoms with Crippen LogP contribution in [-0.2, 0) is 16.2 Å². The summed E-state index contributed by atoms with van der Waals surface area (Å²) in [6.45, 7) is 0. The number of carboxylic acids is 1. The van der Waals surface area contributed by atoms with Gasteiger partial charge in [0.1, 0.15) is 10.7 Å². The van der Waals surface area contributed by atoms with E-state index in [2.05, 4.69) is 0 Å². The highest BCUT2D eigenvalue weighted by Crippen LogP contribution is 2.49. The predicted octanol–water partition coefficient (Wildman–Crippen LogP) is 10.4. The zero-order valence-corrected chi connectivity index (χ0v) is 25.8. The number of alkyl halides is 5.